The number of hydrogen-bond acceptors (Lipinski definition) is 3. The van der Waals surface area contributed by atoms with Crippen LogP contribution in [-0.2, 0) is 17.8 Å². The van der Waals surface area contributed by atoms with E-state index in [1.807, 2.05) is 13.0 Å². The van der Waals surface area contributed by atoms with Crippen molar-refractivity contribution >= 4 is 23.1 Å². The summed E-state index contributed by atoms with van der Waals surface area (Å²) in [5.74, 6) is 0.409. The van der Waals surface area contributed by atoms with Gasteiger partial charge >= 0.3 is 0 Å². The molecule has 24 heavy (non-hydrogen) atoms. The van der Waals surface area contributed by atoms with E-state index in [9.17, 15) is 4.39 Å². The number of hydrogen-bond donors (Lipinski definition) is 1. The van der Waals surface area contributed by atoms with Gasteiger partial charge in [0, 0.05) is 5.56 Å². The maximum Gasteiger partial charge on any atom is 0.260 e. The second-order valence-corrected chi connectivity index (χ2v) is 5.94. The fourth-order valence-corrected chi connectivity index (χ4v) is 2.63. The van der Waals surface area contributed by atoms with E-state index in [1.54, 1.807) is 12.1 Å². The van der Waals surface area contributed by atoms with E-state index in [0.29, 0.717) is 11.3 Å². The van der Waals surface area contributed by atoms with Crippen LogP contribution in [0.4, 0.5) is 10.1 Å². The van der Waals surface area contributed by atoms with Gasteiger partial charge in [-0.25, -0.2) is 4.39 Å². The molecule has 0 bridgehead atoms. The summed E-state index contributed by atoms with van der Waals surface area (Å²) in [5, 5.41) is 3.05. The van der Waals surface area contributed by atoms with Gasteiger partial charge in [0.05, 0.1) is 12.8 Å². The number of nitrogens with one attached hydrogen (secondary N) is 1. The van der Waals surface area contributed by atoms with Gasteiger partial charge < -0.3 is 14.8 Å². The summed E-state index contributed by atoms with van der Waals surface area (Å²) in [6.45, 7) is 6.28. The van der Waals surface area contributed by atoms with Crippen molar-refractivity contribution in [2.45, 2.75) is 33.8 Å². The summed E-state index contributed by atoms with van der Waals surface area (Å²) in [6.07, 6.45) is 0.975. The lowest BCUT2D eigenvalue weighted by molar-refractivity contribution is 0.298. The van der Waals surface area contributed by atoms with Crippen LogP contribution in [0.3, 0.4) is 0 Å². The summed E-state index contributed by atoms with van der Waals surface area (Å²) < 4.78 is 25.0. The van der Waals surface area contributed by atoms with Gasteiger partial charge in [0.15, 0.2) is 0 Å². The van der Waals surface area contributed by atoms with Crippen LogP contribution in [0.5, 0.6) is 5.75 Å². The molecular formula is C19H22FNO2S. The molecule has 3 nitrogen and oxygen atoms in total. The van der Waals surface area contributed by atoms with E-state index in [1.165, 1.54) is 24.3 Å². The van der Waals surface area contributed by atoms with Crippen molar-refractivity contribution in [3.8, 4) is 5.75 Å². The van der Waals surface area contributed by atoms with E-state index >= 15 is 0 Å². The van der Waals surface area contributed by atoms with Crippen molar-refractivity contribution in [1.29, 1.82) is 0 Å². The molecule has 0 aliphatic rings. The van der Waals surface area contributed by atoms with Crippen LogP contribution < -0.4 is 10.1 Å². The molecule has 2 aromatic carbocycles. The van der Waals surface area contributed by atoms with Crippen molar-refractivity contribution in [3.05, 3.63) is 58.4 Å². The molecule has 0 heterocycles. The lowest BCUT2D eigenvalue weighted by Gasteiger charge is -2.16. The maximum absolute atomic E-state index is 14.2. The number of ether oxygens (including phenoxy) is 2. The van der Waals surface area contributed by atoms with Gasteiger partial charge in [-0.3, -0.25) is 0 Å². The van der Waals surface area contributed by atoms with Crippen molar-refractivity contribution in [3.63, 3.8) is 0 Å². The molecule has 0 spiro atoms. The molecule has 0 aromatic heterocycles. The number of methoxy groups -OCH3 is 1. The number of thiocarbonyl (C=S) groups is 1. The average molecular weight is 347 g/mol. The molecule has 0 radical (unpaired) electrons. The summed E-state index contributed by atoms with van der Waals surface area (Å²) >= 11 is 4.99. The molecule has 5 heteroatoms. The lowest BCUT2D eigenvalue weighted by atomic mass is 10.0. The highest BCUT2D eigenvalue weighted by atomic mass is 32.1. The van der Waals surface area contributed by atoms with Crippen molar-refractivity contribution in [1.82, 2.24) is 0 Å². The van der Waals surface area contributed by atoms with Crippen LogP contribution in [0.25, 0.3) is 0 Å². The summed E-state index contributed by atoms with van der Waals surface area (Å²) in [4.78, 5) is 0. The first-order valence-electron chi connectivity index (χ1n) is 7.81. The fourth-order valence-electron chi connectivity index (χ4n) is 2.52. The van der Waals surface area contributed by atoms with Gasteiger partial charge in [-0.1, -0.05) is 19.1 Å². The Labute approximate surface area is 147 Å². The quantitative estimate of drug-likeness (QED) is 0.777. The zero-order valence-corrected chi connectivity index (χ0v) is 15.2. The van der Waals surface area contributed by atoms with E-state index in [2.05, 4.69) is 25.2 Å². The Balaban J connectivity index is 2.23. The Bertz CT molecular complexity index is 746. The zero-order chi connectivity index (χ0) is 17.7. The van der Waals surface area contributed by atoms with Crippen molar-refractivity contribution in [2.75, 3.05) is 12.4 Å². The van der Waals surface area contributed by atoms with Gasteiger partial charge in [0.25, 0.3) is 5.17 Å². The SMILES string of the molecule is CCc1cc(C)c(OCc2c(F)cccc2NC(=S)OC)cc1C. The molecular weight excluding hydrogens is 325 g/mol. The number of aryl methyl sites for hydroxylation is 3. The predicted molar refractivity (Wildman–Crippen MR) is 99.3 cm³/mol. The Kier molecular flexibility index (Phi) is 6.15. The molecule has 2 rings (SSSR count). The predicted octanol–water partition coefficient (Wildman–Crippen LogP) is 4.93. The van der Waals surface area contributed by atoms with E-state index in [-0.39, 0.29) is 17.6 Å². The van der Waals surface area contributed by atoms with Crippen LogP contribution in [0, 0.1) is 19.7 Å². The topological polar surface area (TPSA) is 30.5 Å². The third-order valence-corrected chi connectivity index (χ3v) is 4.20. The minimum absolute atomic E-state index is 0.104. The van der Waals surface area contributed by atoms with Crippen LogP contribution in [0.15, 0.2) is 30.3 Å². The number of benzene rings is 2. The zero-order valence-electron chi connectivity index (χ0n) is 14.4. The van der Waals surface area contributed by atoms with Gasteiger partial charge in [-0.15, -0.1) is 0 Å². The number of rotatable bonds is 5. The molecule has 0 atom stereocenters. The second-order valence-electron chi connectivity index (χ2n) is 5.57. The standard InChI is InChI=1S/C19H22FNO2S/c1-5-14-9-13(3)18(10-12(14)2)23-11-15-16(20)7-6-8-17(15)21-19(24)22-4/h6-10H,5,11H2,1-4H3,(H,21,24). The molecule has 0 saturated heterocycles. The smallest absolute Gasteiger partial charge is 0.260 e. The third kappa shape index (κ3) is 4.23. The average Bonchev–Trinajstić information content (AvgIpc) is 2.56. The second kappa shape index (κ2) is 8.11. The largest absolute Gasteiger partial charge is 0.488 e. The maximum atomic E-state index is 14.2. The van der Waals surface area contributed by atoms with Crippen LogP contribution in [-0.4, -0.2) is 12.3 Å². The molecule has 2 aromatic rings. The van der Waals surface area contributed by atoms with Crippen molar-refractivity contribution in [2.24, 2.45) is 0 Å². The van der Waals surface area contributed by atoms with Crippen LogP contribution in [0.1, 0.15) is 29.2 Å². The molecule has 0 aliphatic heterocycles. The Morgan fingerprint density at radius 1 is 1.21 bits per heavy atom. The Morgan fingerprint density at radius 3 is 2.62 bits per heavy atom. The molecule has 0 aliphatic carbocycles. The fraction of sp³-hybridized carbons (Fsp3) is 0.316. The van der Waals surface area contributed by atoms with Gasteiger partial charge in [0.2, 0.25) is 0 Å². The normalized spacial score (nSPS) is 10.4. The minimum Gasteiger partial charge on any atom is -0.488 e. The minimum atomic E-state index is -0.349. The molecule has 0 saturated carbocycles. The van der Waals surface area contributed by atoms with Gasteiger partial charge in [-0.05, 0) is 67.4 Å². The summed E-state index contributed by atoms with van der Waals surface area (Å²) in [6, 6.07) is 8.88. The van der Waals surface area contributed by atoms with E-state index in [4.69, 9.17) is 21.7 Å². The first-order valence-corrected chi connectivity index (χ1v) is 8.22. The Morgan fingerprint density at radius 2 is 1.96 bits per heavy atom. The van der Waals surface area contributed by atoms with Gasteiger partial charge in [0.1, 0.15) is 18.2 Å². The highest BCUT2D eigenvalue weighted by Crippen LogP contribution is 2.26. The summed E-state index contributed by atoms with van der Waals surface area (Å²) in [7, 11) is 1.46. The molecule has 128 valence electrons. The van der Waals surface area contributed by atoms with Crippen molar-refractivity contribution < 1.29 is 13.9 Å². The molecule has 0 fully saturated rings. The highest BCUT2D eigenvalue weighted by molar-refractivity contribution is 7.80. The monoisotopic (exact) mass is 347 g/mol. The molecule has 1 N–H and O–H groups in total. The Hall–Kier alpha value is -2.14. The third-order valence-electron chi connectivity index (χ3n) is 3.93. The first kappa shape index (κ1) is 18.2. The van der Waals surface area contributed by atoms with Gasteiger partial charge in [-0.2, -0.15) is 0 Å². The number of halogens is 1. The first-order chi connectivity index (χ1) is 11.5. The highest BCUT2D eigenvalue weighted by Gasteiger charge is 2.12. The van der Waals surface area contributed by atoms with Crippen LogP contribution in [0.2, 0.25) is 0 Å². The summed E-state index contributed by atoms with van der Waals surface area (Å²) in [5.41, 5.74) is 4.45. The molecule has 0 amide bonds. The molecule has 0 unspecified atom stereocenters. The van der Waals surface area contributed by atoms with Crippen LogP contribution >= 0.6 is 12.2 Å². The van der Waals surface area contributed by atoms with E-state index in [0.717, 1.165) is 17.7 Å². The van der Waals surface area contributed by atoms with E-state index < -0.39 is 0 Å². The lowest BCUT2D eigenvalue weighted by Crippen LogP contribution is -2.14. The number of anilines is 1.